The summed E-state index contributed by atoms with van der Waals surface area (Å²) in [7, 11) is 0. The van der Waals surface area contributed by atoms with Gasteiger partial charge in [-0.2, -0.15) is 10.2 Å². The van der Waals surface area contributed by atoms with Gasteiger partial charge in [0.25, 0.3) is 0 Å². The Labute approximate surface area is 202 Å². The van der Waals surface area contributed by atoms with Crippen molar-refractivity contribution in [3.8, 4) is 5.69 Å². The Morgan fingerprint density at radius 1 is 1.15 bits per heavy atom. The number of piperidine rings is 1. The van der Waals surface area contributed by atoms with Crippen LogP contribution < -0.4 is 10.2 Å². The minimum Gasteiger partial charge on any atom is -0.465 e. The van der Waals surface area contributed by atoms with Crippen LogP contribution in [0.25, 0.3) is 16.6 Å². The van der Waals surface area contributed by atoms with Crippen molar-refractivity contribution in [2.24, 2.45) is 5.92 Å². The van der Waals surface area contributed by atoms with Crippen molar-refractivity contribution < 1.29 is 9.21 Å². The largest absolute Gasteiger partial charge is 0.465 e. The van der Waals surface area contributed by atoms with Crippen molar-refractivity contribution in [2.75, 3.05) is 18.0 Å². The number of aryl methyl sites for hydroxylation is 3. The van der Waals surface area contributed by atoms with Crippen LogP contribution in [0.3, 0.4) is 0 Å². The molecule has 1 fully saturated rings. The molecule has 176 valence electrons. The van der Waals surface area contributed by atoms with E-state index in [0.29, 0.717) is 18.1 Å². The first-order valence-electron chi connectivity index (χ1n) is 11.5. The molecule has 8 nitrogen and oxygen atoms in total. The van der Waals surface area contributed by atoms with E-state index in [-0.39, 0.29) is 11.8 Å². The molecule has 0 spiro atoms. The molecule has 1 aliphatic heterocycles. The fourth-order valence-electron chi connectivity index (χ4n) is 4.64. The molecule has 34 heavy (non-hydrogen) atoms. The number of halogens is 1. The molecule has 4 heterocycles. The van der Waals surface area contributed by atoms with Gasteiger partial charge < -0.3 is 14.6 Å². The van der Waals surface area contributed by atoms with Gasteiger partial charge in [0.1, 0.15) is 17.0 Å². The Kier molecular flexibility index (Phi) is 6.00. The lowest BCUT2D eigenvalue weighted by atomic mass is 9.97. The monoisotopic (exact) mass is 478 g/mol. The zero-order valence-corrected chi connectivity index (χ0v) is 20.3. The van der Waals surface area contributed by atoms with E-state index in [2.05, 4.69) is 20.4 Å². The molecule has 1 amide bonds. The predicted octanol–water partition coefficient (Wildman–Crippen LogP) is 4.52. The summed E-state index contributed by atoms with van der Waals surface area (Å²) in [6.45, 7) is 7.64. The van der Waals surface area contributed by atoms with Gasteiger partial charge in [-0.1, -0.05) is 11.6 Å². The molecule has 3 aromatic heterocycles. The van der Waals surface area contributed by atoms with Crippen LogP contribution in [0.15, 0.2) is 40.8 Å². The number of nitrogens with zero attached hydrogens (tertiary/aromatic N) is 5. The number of fused-ring (bicyclic) bond motifs is 1. The molecule has 0 bridgehead atoms. The minimum atomic E-state index is -0.137. The molecule has 0 aliphatic carbocycles. The van der Waals surface area contributed by atoms with E-state index in [1.165, 1.54) is 0 Å². The highest BCUT2D eigenvalue weighted by Gasteiger charge is 2.29. The SMILES string of the molecule is Cc1ccc(CNC(=O)[C@H]2CCCN(c3nnc(C)c4c(C)n(-c5ccc(Cl)cc5)nc34)C2)o1. The summed E-state index contributed by atoms with van der Waals surface area (Å²) in [6.07, 6.45) is 1.73. The van der Waals surface area contributed by atoms with Crippen molar-refractivity contribution in [1.29, 1.82) is 0 Å². The zero-order chi connectivity index (χ0) is 23.8. The van der Waals surface area contributed by atoms with Gasteiger partial charge in [0.15, 0.2) is 5.82 Å². The highest BCUT2D eigenvalue weighted by molar-refractivity contribution is 6.30. The summed E-state index contributed by atoms with van der Waals surface area (Å²) in [5.74, 6) is 2.20. The maximum absolute atomic E-state index is 12.9. The predicted molar refractivity (Wildman–Crippen MR) is 131 cm³/mol. The Morgan fingerprint density at radius 2 is 1.94 bits per heavy atom. The maximum atomic E-state index is 12.9. The van der Waals surface area contributed by atoms with Crippen LogP contribution in [-0.4, -0.2) is 39.0 Å². The van der Waals surface area contributed by atoms with Gasteiger partial charge in [-0.3, -0.25) is 4.79 Å². The van der Waals surface area contributed by atoms with Crippen LogP contribution in [0.4, 0.5) is 5.82 Å². The molecule has 1 atom stereocenters. The number of nitrogens with one attached hydrogen (secondary N) is 1. The van der Waals surface area contributed by atoms with E-state index in [0.717, 1.165) is 64.7 Å². The highest BCUT2D eigenvalue weighted by atomic mass is 35.5. The Hall–Kier alpha value is -3.39. The summed E-state index contributed by atoms with van der Waals surface area (Å²) in [5.41, 5.74) is 3.54. The molecular formula is C25H27ClN6O2. The summed E-state index contributed by atoms with van der Waals surface area (Å²) >= 11 is 6.07. The summed E-state index contributed by atoms with van der Waals surface area (Å²) < 4.78 is 7.47. The molecule has 9 heteroatoms. The summed E-state index contributed by atoms with van der Waals surface area (Å²) in [4.78, 5) is 15.0. The first-order chi connectivity index (χ1) is 16.4. The summed E-state index contributed by atoms with van der Waals surface area (Å²) in [6, 6.07) is 11.4. The third-order valence-electron chi connectivity index (χ3n) is 6.38. The van der Waals surface area contributed by atoms with E-state index >= 15 is 0 Å². The fourth-order valence-corrected chi connectivity index (χ4v) is 4.77. The van der Waals surface area contributed by atoms with Crippen molar-refractivity contribution in [3.05, 3.63) is 64.3 Å². The number of amides is 1. The molecule has 1 aliphatic rings. The van der Waals surface area contributed by atoms with Crippen molar-refractivity contribution in [1.82, 2.24) is 25.3 Å². The molecule has 0 saturated carbocycles. The maximum Gasteiger partial charge on any atom is 0.225 e. The average Bonchev–Trinajstić information content (AvgIpc) is 3.42. The standard InChI is InChI=1S/C25H27ClN6O2/c1-15-6-11-21(34-15)13-27-25(33)18-5-4-12-31(14-18)24-23-22(16(2)28-29-24)17(3)32(30-23)20-9-7-19(26)8-10-20/h6-11,18H,4-5,12-14H2,1-3H3,(H,27,33)/t18-/m0/s1. The number of rotatable bonds is 5. The Balaban J connectivity index is 1.40. The van der Waals surface area contributed by atoms with E-state index in [9.17, 15) is 4.79 Å². The van der Waals surface area contributed by atoms with Crippen LogP contribution in [-0.2, 0) is 11.3 Å². The number of benzene rings is 1. The second kappa shape index (κ2) is 9.10. The normalized spacial score (nSPS) is 16.2. The number of carbonyl (C=O) groups excluding carboxylic acids is 1. The number of aromatic nitrogens is 4. The Morgan fingerprint density at radius 3 is 2.68 bits per heavy atom. The van der Waals surface area contributed by atoms with E-state index in [1.807, 2.05) is 61.9 Å². The first-order valence-corrected chi connectivity index (χ1v) is 11.8. The van der Waals surface area contributed by atoms with Gasteiger partial charge in [-0.15, -0.1) is 5.10 Å². The molecule has 4 aromatic rings. The van der Waals surface area contributed by atoms with Crippen LogP contribution >= 0.6 is 11.6 Å². The van der Waals surface area contributed by atoms with Gasteiger partial charge in [-0.25, -0.2) is 4.68 Å². The smallest absolute Gasteiger partial charge is 0.225 e. The van der Waals surface area contributed by atoms with E-state index in [4.69, 9.17) is 21.1 Å². The third-order valence-corrected chi connectivity index (χ3v) is 6.63. The molecule has 1 aromatic carbocycles. The third kappa shape index (κ3) is 4.25. The quantitative estimate of drug-likeness (QED) is 0.453. The molecule has 0 unspecified atom stereocenters. The number of anilines is 1. The van der Waals surface area contributed by atoms with Crippen molar-refractivity contribution in [2.45, 2.75) is 40.2 Å². The second-order valence-electron chi connectivity index (χ2n) is 8.82. The van der Waals surface area contributed by atoms with E-state index < -0.39 is 0 Å². The number of furan rings is 1. The number of hydrogen-bond acceptors (Lipinski definition) is 6. The average molecular weight is 479 g/mol. The van der Waals surface area contributed by atoms with Gasteiger partial charge in [0, 0.05) is 18.1 Å². The van der Waals surface area contributed by atoms with Crippen molar-refractivity contribution >= 4 is 34.2 Å². The fraction of sp³-hybridized carbons (Fsp3) is 0.360. The van der Waals surface area contributed by atoms with Crippen LogP contribution in [0.1, 0.15) is 35.7 Å². The molecule has 5 rings (SSSR count). The summed E-state index contributed by atoms with van der Waals surface area (Å²) in [5, 5.41) is 18.5. The van der Waals surface area contributed by atoms with Crippen LogP contribution in [0.5, 0.6) is 0 Å². The van der Waals surface area contributed by atoms with E-state index in [1.54, 1.807) is 0 Å². The number of carbonyl (C=O) groups is 1. The Bertz CT molecular complexity index is 1340. The lowest BCUT2D eigenvalue weighted by Gasteiger charge is -2.32. The van der Waals surface area contributed by atoms with Gasteiger partial charge in [0.05, 0.1) is 34.9 Å². The van der Waals surface area contributed by atoms with Crippen molar-refractivity contribution in [3.63, 3.8) is 0 Å². The lowest BCUT2D eigenvalue weighted by Crippen LogP contribution is -2.43. The molecule has 1 saturated heterocycles. The zero-order valence-electron chi connectivity index (χ0n) is 19.5. The van der Waals surface area contributed by atoms with Crippen LogP contribution in [0.2, 0.25) is 5.02 Å². The minimum absolute atomic E-state index is 0.0259. The van der Waals surface area contributed by atoms with Gasteiger partial charge in [0.2, 0.25) is 5.91 Å². The topological polar surface area (TPSA) is 89.1 Å². The lowest BCUT2D eigenvalue weighted by molar-refractivity contribution is -0.125. The van der Waals surface area contributed by atoms with Gasteiger partial charge in [-0.05, 0) is 70.0 Å². The van der Waals surface area contributed by atoms with Gasteiger partial charge >= 0.3 is 0 Å². The highest BCUT2D eigenvalue weighted by Crippen LogP contribution is 2.31. The first kappa shape index (κ1) is 22.4. The molecular weight excluding hydrogens is 452 g/mol. The molecule has 1 N–H and O–H groups in total. The second-order valence-corrected chi connectivity index (χ2v) is 9.26. The van der Waals surface area contributed by atoms with Crippen LogP contribution in [0, 0.1) is 26.7 Å². The molecule has 0 radical (unpaired) electrons. The number of hydrogen-bond donors (Lipinski definition) is 1.